The van der Waals surface area contributed by atoms with Crippen molar-refractivity contribution in [3.8, 4) is 5.69 Å². The van der Waals surface area contributed by atoms with E-state index in [4.69, 9.17) is 0 Å². The Bertz CT molecular complexity index is 1260. The van der Waals surface area contributed by atoms with Crippen LogP contribution in [-0.4, -0.2) is 62.6 Å². The second kappa shape index (κ2) is 10.9. The van der Waals surface area contributed by atoms with Gasteiger partial charge in [0.1, 0.15) is 11.6 Å². The van der Waals surface area contributed by atoms with Crippen LogP contribution in [0.1, 0.15) is 43.1 Å². The number of halogens is 1. The number of amides is 1. The number of ketones is 1. The highest BCUT2D eigenvalue weighted by Gasteiger charge is 2.46. The van der Waals surface area contributed by atoms with Crippen LogP contribution < -0.4 is 0 Å². The first-order valence-corrected chi connectivity index (χ1v) is 12.2. The van der Waals surface area contributed by atoms with Crippen LogP contribution in [0.2, 0.25) is 0 Å². The molecule has 8 heteroatoms. The Morgan fingerprint density at radius 3 is 2.36 bits per heavy atom. The lowest BCUT2D eigenvalue weighted by molar-refractivity contribution is -0.140. The van der Waals surface area contributed by atoms with Gasteiger partial charge in [-0.25, -0.2) is 9.07 Å². The highest BCUT2D eigenvalue weighted by molar-refractivity contribution is 6.46. The van der Waals surface area contributed by atoms with Gasteiger partial charge in [-0.15, -0.1) is 0 Å². The maximum absolute atomic E-state index is 13.7. The van der Waals surface area contributed by atoms with E-state index in [2.05, 4.69) is 23.8 Å². The van der Waals surface area contributed by atoms with E-state index >= 15 is 0 Å². The minimum Gasteiger partial charge on any atom is -0.507 e. The number of Topliss-reactive ketones (excluding diaryl/α,β-unsaturated/α-hetero) is 1. The quantitative estimate of drug-likeness (QED) is 0.272. The number of likely N-dealkylation sites (tertiary alicyclic amines) is 1. The normalized spacial score (nSPS) is 17.4. The Morgan fingerprint density at radius 1 is 1.06 bits per heavy atom. The summed E-state index contributed by atoms with van der Waals surface area (Å²) < 4.78 is 15.4. The number of aromatic nitrogens is 2. The van der Waals surface area contributed by atoms with E-state index < -0.39 is 23.5 Å². The van der Waals surface area contributed by atoms with Gasteiger partial charge in [-0.2, -0.15) is 5.10 Å². The summed E-state index contributed by atoms with van der Waals surface area (Å²) in [5, 5.41) is 15.8. The molecule has 2 aromatic carbocycles. The number of aliphatic hydroxyl groups excluding tert-OH is 1. The zero-order valence-electron chi connectivity index (χ0n) is 20.8. The van der Waals surface area contributed by atoms with Gasteiger partial charge in [-0.1, -0.05) is 44.2 Å². The molecule has 0 bridgehead atoms. The van der Waals surface area contributed by atoms with Crippen LogP contribution in [0.3, 0.4) is 0 Å². The lowest BCUT2D eigenvalue weighted by Gasteiger charge is -2.26. The summed E-state index contributed by atoms with van der Waals surface area (Å²) in [5.74, 6) is -2.12. The molecule has 7 nitrogen and oxygen atoms in total. The van der Waals surface area contributed by atoms with E-state index in [9.17, 15) is 19.1 Å². The number of benzene rings is 2. The molecule has 1 aliphatic rings. The van der Waals surface area contributed by atoms with Crippen LogP contribution in [-0.2, 0) is 9.59 Å². The Kier molecular flexibility index (Phi) is 7.64. The van der Waals surface area contributed by atoms with Crippen LogP contribution >= 0.6 is 0 Å². The third kappa shape index (κ3) is 4.81. The van der Waals surface area contributed by atoms with Crippen LogP contribution in [0.5, 0.6) is 0 Å². The molecule has 1 aliphatic heterocycles. The molecule has 1 saturated heterocycles. The second-order valence-electron chi connectivity index (χ2n) is 8.82. The largest absolute Gasteiger partial charge is 0.507 e. The van der Waals surface area contributed by atoms with E-state index in [1.54, 1.807) is 23.7 Å². The minimum atomic E-state index is -0.818. The Morgan fingerprint density at radius 2 is 1.72 bits per heavy atom. The number of hydrogen-bond donors (Lipinski definition) is 1. The van der Waals surface area contributed by atoms with E-state index in [0.717, 1.165) is 25.3 Å². The average molecular weight is 491 g/mol. The van der Waals surface area contributed by atoms with Gasteiger partial charge in [-0.3, -0.25) is 9.59 Å². The number of carbonyl (C=O) groups is 2. The molecule has 1 N–H and O–H groups in total. The van der Waals surface area contributed by atoms with Gasteiger partial charge in [-0.05, 0) is 62.8 Å². The second-order valence-corrected chi connectivity index (χ2v) is 8.82. The smallest absolute Gasteiger partial charge is 0.295 e. The van der Waals surface area contributed by atoms with Crippen molar-refractivity contribution in [2.75, 3.05) is 26.2 Å². The minimum absolute atomic E-state index is 0.00911. The van der Waals surface area contributed by atoms with Crippen molar-refractivity contribution in [1.82, 2.24) is 19.6 Å². The fourth-order valence-corrected chi connectivity index (χ4v) is 4.72. The van der Waals surface area contributed by atoms with Crippen molar-refractivity contribution < 1.29 is 19.1 Å². The van der Waals surface area contributed by atoms with Crippen molar-refractivity contribution in [2.24, 2.45) is 0 Å². The molecular weight excluding hydrogens is 459 g/mol. The van der Waals surface area contributed by atoms with Crippen molar-refractivity contribution >= 4 is 17.4 Å². The van der Waals surface area contributed by atoms with Gasteiger partial charge < -0.3 is 14.9 Å². The molecule has 1 atom stereocenters. The molecule has 0 radical (unpaired) electrons. The first-order chi connectivity index (χ1) is 17.4. The Labute approximate surface area is 210 Å². The summed E-state index contributed by atoms with van der Waals surface area (Å²) in [5.41, 5.74) is 2.36. The molecule has 188 valence electrons. The molecule has 0 spiro atoms. The number of nitrogens with zero attached hydrogens (tertiary/aromatic N) is 4. The fraction of sp³-hybridized carbons (Fsp3) is 0.321. The molecule has 3 aromatic rings. The predicted molar refractivity (Wildman–Crippen MR) is 136 cm³/mol. The molecule has 1 fully saturated rings. The van der Waals surface area contributed by atoms with Crippen molar-refractivity contribution in [3.05, 3.63) is 89.0 Å². The Balaban J connectivity index is 1.76. The van der Waals surface area contributed by atoms with E-state index in [1.165, 1.54) is 23.2 Å². The monoisotopic (exact) mass is 490 g/mol. The van der Waals surface area contributed by atoms with Crippen molar-refractivity contribution in [1.29, 1.82) is 0 Å². The molecule has 4 rings (SSSR count). The van der Waals surface area contributed by atoms with Gasteiger partial charge >= 0.3 is 0 Å². The molecule has 1 aromatic heterocycles. The van der Waals surface area contributed by atoms with Gasteiger partial charge in [0.05, 0.1) is 34.8 Å². The van der Waals surface area contributed by atoms with Gasteiger partial charge in [0.2, 0.25) is 0 Å². The highest BCUT2D eigenvalue weighted by Crippen LogP contribution is 2.40. The summed E-state index contributed by atoms with van der Waals surface area (Å²) in [6, 6.07) is 14.3. The number of carbonyl (C=O) groups excluding carboxylic acids is 2. The summed E-state index contributed by atoms with van der Waals surface area (Å²) >= 11 is 0. The van der Waals surface area contributed by atoms with Crippen LogP contribution in [0.25, 0.3) is 11.4 Å². The molecule has 0 aliphatic carbocycles. The first-order valence-electron chi connectivity index (χ1n) is 12.2. The summed E-state index contributed by atoms with van der Waals surface area (Å²) in [7, 11) is 0. The number of aliphatic hydroxyl groups is 1. The standard InChI is InChI=1S/C28H31FN4O3/c1-4-31(5-2)16-9-17-32-25(20-12-14-21(29)15-13-20)24(27(35)28(32)36)26(34)23-18-30-33(19(23)3)22-10-7-6-8-11-22/h6-8,10-15,18,25,34H,4-5,9,16-17H2,1-3H3. The molecule has 2 heterocycles. The van der Waals surface area contributed by atoms with Crippen LogP contribution in [0, 0.1) is 12.7 Å². The molecule has 36 heavy (non-hydrogen) atoms. The topological polar surface area (TPSA) is 78.7 Å². The SMILES string of the molecule is CCN(CC)CCCN1C(=O)C(=O)C(=C(O)c2cnn(-c3ccccc3)c2C)C1c1ccc(F)cc1. The number of hydrogen-bond acceptors (Lipinski definition) is 5. The predicted octanol–water partition coefficient (Wildman–Crippen LogP) is 4.47. The molecule has 1 amide bonds. The highest BCUT2D eigenvalue weighted by atomic mass is 19.1. The maximum Gasteiger partial charge on any atom is 0.295 e. The van der Waals surface area contributed by atoms with E-state index in [0.29, 0.717) is 29.8 Å². The van der Waals surface area contributed by atoms with Crippen molar-refractivity contribution in [2.45, 2.75) is 33.2 Å². The van der Waals surface area contributed by atoms with Crippen molar-refractivity contribution in [3.63, 3.8) is 0 Å². The average Bonchev–Trinajstić information content (AvgIpc) is 3.40. The number of rotatable bonds is 9. The zero-order chi connectivity index (χ0) is 25.8. The lowest BCUT2D eigenvalue weighted by Crippen LogP contribution is -2.33. The fourth-order valence-electron chi connectivity index (χ4n) is 4.72. The summed E-state index contributed by atoms with van der Waals surface area (Å²) in [4.78, 5) is 30.1. The van der Waals surface area contributed by atoms with Crippen LogP contribution in [0.4, 0.5) is 4.39 Å². The molecule has 0 saturated carbocycles. The molecule has 1 unspecified atom stereocenters. The molecular formula is C28H31FN4O3. The third-order valence-electron chi connectivity index (χ3n) is 6.76. The van der Waals surface area contributed by atoms with Crippen LogP contribution in [0.15, 0.2) is 66.4 Å². The van der Waals surface area contributed by atoms with Gasteiger partial charge in [0.15, 0.2) is 0 Å². The first kappa shape index (κ1) is 25.3. The summed E-state index contributed by atoms with van der Waals surface area (Å²) in [6.07, 6.45) is 2.16. The van der Waals surface area contributed by atoms with Gasteiger partial charge in [0.25, 0.3) is 11.7 Å². The number of para-hydroxylation sites is 1. The summed E-state index contributed by atoms with van der Waals surface area (Å²) in [6.45, 7) is 8.83. The van der Waals surface area contributed by atoms with E-state index in [1.807, 2.05) is 30.3 Å². The zero-order valence-corrected chi connectivity index (χ0v) is 20.8. The lowest BCUT2D eigenvalue weighted by atomic mass is 9.95. The Hall–Kier alpha value is -3.78. The maximum atomic E-state index is 13.7. The van der Waals surface area contributed by atoms with E-state index in [-0.39, 0.29) is 11.3 Å². The third-order valence-corrected chi connectivity index (χ3v) is 6.76. The van der Waals surface area contributed by atoms with Gasteiger partial charge in [0, 0.05) is 6.54 Å².